The van der Waals surface area contributed by atoms with E-state index in [1.165, 1.54) is 12.4 Å². The number of aromatic nitrogens is 4. The molecule has 0 aliphatic carbocycles. The zero-order valence-corrected chi connectivity index (χ0v) is 21.5. The molecule has 1 aliphatic heterocycles. The number of anilines is 1. The summed E-state index contributed by atoms with van der Waals surface area (Å²) in [6.07, 6.45) is 4.26. The Morgan fingerprint density at radius 2 is 1.84 bits per heavy atom. The minimum atomic E-state index is -0.262. The highest BCUT2D eigenvalue weighted by molar-refractivity contribution is 5.87. The Labute approximate surface area is 220 Å². The topological polar surface area (TPSA) is 112 Å². The van der Waals surface area contributed by atoms with Crippen LogP contribution in [0.5, 0.6) is 11.5 Å². The molecule has 0 spiro atoms. The molecule has 0 bridgehead atoms. The number of nitrogens with zero attached hydrogens (tertiary/aromatic N) is 6. The van der Waals surface area contributed by atoms with Crippen molar-refractivity contribution in [2.45, 2.75) is 38.8 Å². The van der Waals surface area contributed by atoms with Crippen LogP contribution in [0.2, 0.25) is 0 Å². The molecule has 10 nitrogen and oxygen atoms in total. The van der Waals surface area contributed by atoms with E-state index in [1.54, 1.807) is 14.1 Å². The molecule has 1 saturated heterocycles. The Bertz CT molecular complexity index is 1510. The molecule has 196 valence electrons. The lowest BCUT2D eigenvalue weighted by molar-refractivity contribution is -0.151. The molecular formula is C28H31N7O3. The fraction of sp³-hybridized carbons (Fsp3) is 0.286. The number of amides is 1. The van der Waals surface area contributed by atoms with Crippen molar-refractivity contribution in [3.63, 3.8) is 0 Å². The molecule has 1 amide bonds. The summed E-state index contributed by atoms with van der Waals surface area (Å²) in [5.41, 5.74) is 7.57. The van der Waals surface area contributed by atoms with Gasteiger partial charge in [0.15, 0.2) is 11.5 Å². The largest absolute Gasteiger partial charge is 0.457 e. The number of hydrazine groups is 1. The van der Waals surface area contributed by atoms with Gasteiger partial charge in [0.2, 0.25) is 0 Å². The molecule has 1 unspecified atom stereocenters. The number of piperidine rings is 1. The standard InChI is InChI=1S/C28H31N7O3/c1-4-24(36)35(19(2)3)32-16-8-9-21(17-32)34-27-25(26(29)30-18-31-27)33(28(34)37)20-12-14-23(15-13-20)38-22-10-6-5-7-11-22/h4-7,10-15,18-19,21H,1,8-9,16-17H2,2-3H3,(H2,29,30,31). The van der Waals surface area contributed by atoms with Crippen LogP contribution in [-0.4, -0.2) is 54.2 Å². The van der Waals surface area contributed by atoms with Gasteiger partial charge < -0.3 is 10.5 Å². The van der Waals surface area contributed by atoms with Crippen molar-refractivity contribution in [3.05, 3.63) is 84.1 Å². The molecule has 2 aromatic carbocycles. The number of rotatable bonds is 7. The Kier molecular flexibility index (Phi) is 6.97. The van der Waals surface area contributed by atoms with Crippen LogP contribution in [0.1, 0.15) is 32.7 Å². The summed E-state index contributed by atoms with van der Waals surface area (Å²) < 4.78 is 9.14. The Morgan fingerprint density at radius 3 is 2.53 bits per heavy atom. The lowest BCUT2D eigenvalue weighted by Gasteiger charge is -2.42. The van der Waals surface area contributed by atoms with Crippen LogP contribution < -0.4 is 16.2 Å². The second-order valence-corrected chi connectivity index (χ2v) is 9.52. The molecule has 2 N–H and O–H groups in total. The molecule has 10 heteroatoms. The molecular weight excluding hydrogens is 482 g/mol. The fourth-order valence-corrected chi connectivity index (χ4v) is 5.08. The summed E-state index contributed by atoms with van der Waals surface area (Å²) in [6.45, 7) is 8.76. The van der Waals surface area contributed by atoms with E-state index in [2.05, 4.69) is 16.5 Å². The summed E-state index contributed by atoms with van der Waals surface area (Å²) in [7, 11) is 0. The zero-order chi connectivity index (χ0) is 26.8. The van der Waals surface area contributed by atoms with Gasteiger partial charge in [0.05, 0.1) is 11.7 Å². The fourth-order valence-electron chi connectivity index (χ4n) is 5.08. The first kappa shape index (κ1) is 25.2. The second-order valence-electron chi connectivity index (χ2n) is 9.52. The number of hydrogen-bond donors (Lipinski definition) is 1. The number of para-hydroxylation sites is 1. The minimum Gasteiger partial charge on any atom is -0.457 e. The van der Waals surface area contributed by atoms with Crippen molar-refractivity contribution in [1.29, 1.82) is 0 Å². The van der Waals surface area contributed by atoms with Crippen molar-refractivity contribution in [2.75, 3.05) is 18.8 Å². The van der Waals surface area contributed by atoms with Gasteiger partial charge in [-0.15, -0.1) is 0 Å². The second kappa shape index (κ2) is 10.5. The van der Waals surface area contributed by atoms with Crippen molar-refractivity contribution in [3.8, 4) is 17.2 Å². The Morgan fingerprint density at radius 1 is 1.13 bits per heavy atom. The number of nitrogen functional groups attached to an aromatic ring is 1. The molecule has 3 heterocycles. The van der Waals surface area contributed by atoms with Gasteiger partial charge in [-0.2, -0.15) is 0 Å². The van der Waals surface area contributed by atoms with E-state index in [4.69, 9.17) is 10.5 Å². The average Bonchev–Trinajstić information content (AvgIpc) is 3.22. The highest BCUT2D eigenvalue weighted by Gasteiger charge is 2.32. The third-order valence-corrected chi connectivity index (χ3v) is 6.69. The predicted octanol–water partition coefficient (Wildman–Crippen LogP) is 3.93. The number of fused-ring (bicyclic) bond motifs is 1. The van der Waals surface area contributed by atoms with Crippen LogP contribution in [0.25, 0.3) is 16.9 Å². The first-order valence-corrected chi connectivity index (χ1v) is 12.7. The van der Waals surface area contributed by atoms with E-state index in [0.717, 1.165) is 18.6 Å². The maximum absolute atomic E-state index is 14.0. The number of carbonyl (C=O) groups excluding carboxylic acids is 1. The van der Waals surface area contributed by atoms with Crippen LogP contribution in [0.15, 0.2) is 78.4 Å². The number of carbonyl (C=O) groups is 1. The summed E-state index contributed by atoms with van der Waals surface area (Å²) in [4.78, 5) is 35.2. The molecule has 1 atom stereocenters. The molecule has 0 radical (unpaired) electrons. The minimum absolute atomic E-state index is 0.0492. The molecule has 2 aromatic heterocycles. The van der Waals surface area contributed by atoms with E-state index < -0.39 is 0 Å². The predicted molar refractivity (Wildman–Crippen MR) is 146 cm³/mol. The number of hydrogen-bond acceptors (Lipinski definition) is 7. The van der Waals surface area contributed by atoms with E-state index >= 15 is 0 Å². The van der Waals surface area contributed by atoms with Crippen LogP contribution >= 0.6 is 0 Å². The quantitative estimate of drug-likeness (QED) is 0.373. The molecule has 1 fully saturated rings. The average molecular weight is 514 g/mol. The van der Waals surface area contributed by atoms with Crippen LogP contribution in [0.3, 0.4) is 0 Å². The van der Waals surface area contributed by atoms with Crippen LogP contribution in [0, 0.1) is 0 Å². The molecule has 5 rings (SSSR count). The molecule has 0 saturated carbocycles. The normalized spacial score (nSPS) is 16.0. The van der Waals surface area contributed by atoms with Gasteiger partial charge in [-0.25, -0.2) is 19.8 Å². The molecule has 4 aromatic rings. The highest BCUT2D eigenvalue weighted by atomic mass is 16.5. The number of imidazole rings is 1. The van der Waals surface area contributed by atoms with Crippen molar-refractivity contribution in [2.24, 2.45) is 0 Å². The third-order valence-electron chi connectivity index (χ3n) is 6.69. The van der Waals surface area contributed by atoms with E-state index in [9.17, 15) is 9.59 Å². The Balaban J connectivity index is 1.53. The molecule has 1 aliphatic rings. The smallest absolute Gasteiger partial charge is 0.335 e. The highest BCUT2D eigenvalue weighted by Crippen LogP contribution is 2.29. The van der Waals surface area contributed by atoms with E-state index in [0.29, 0.717) is 35.7 Å². The summed E-state index contributed by atoms with van der Waals surface area (Å²) in [5, 5.41) is 3.71. The van der Waals surface area contributed by atoms with Gasteiger partial charge in [0.1, 0.15) is 23.3 Å². The van der Waals surface area contributed by atoms with Gasteiger partial charge in [-0.05, 0) is 69.2 Å². The molecule has 38 heavy (non-hydrogen) atoms. The lowest BCUT2D eigenvalue weighted by Crippen LogP contribution is -2.54. The van der Waals surface area contributed by atoms with Crippen molar-refractivity contribution in [1.82, 2.24) is 29.1 Å². The van der Waals surface area contributed by atoms with E-state index in [-0.39, 0.29) is 29.5 Å². The SMILES string of the molecule is C=CC(=O)N(C(C)C)N1CCCC(n2c(=O)n(-c3ccc(Oc4ccccc4)cc3)c3c(N)ncnc32)C1. The maximum atomic E-state index is 14.0. The lowest BCUT2D eigenvalue weighted by atomic mass is 10.1. The van der Waals surface area contributed by atoms with Crippen molar-refractivity contribution < 1.29 is 9.53 Å². The number of benzene rings is 2. The summed E-state index contributed by atoms with van der Waals surface area (Å²) in [5.74, 6) is 1.41. The van der Waals surface area contributed by atoms with Gasteiger partial charge in [-0.3, -0.25) is 18.9 Å². The van der Waals surface area contributed by atoms with E-state index in [1.807, 2.05) is 73.5 Å². The Hall–Kier alpha value is -4.44. The summed E-state index contributed by atoms with van der Waals surface area (Å²) in [6, 6.07) is 16.5. The number of ether oxygens (including phenoxy) is 1. The van der Waals surface area contributed by atoms with Gasteiger partial charge in [-0.1, -0.05) is 24.8 Å². The van der Waals surface area contributed by atoms with Gasteiger partial charge in [0.25, 0.3) is 5.91 Å². The van der Waals surface area contributed by atoms with Crippen LogP contribution in [0.4, 0.5) is 5.82 Å². The van der Waals surface area contributed by atoms with Crippen molar-refractivity contribution >= 4 is 22.9 Å². The monoisotopic (exact) mass is 513 g/mol. The van der Waals surface area contributed by atoms with Gasteiger partial charge >= 0.3 is 5.69 Å². The first-order chi connectivity index (χ1) is 18.4. The zero-order valence-electron chi connectivity index (χ0n) is 21.5. The number of nitrogens with two attached hydrogens (primary N) is 1. The van der Waals surface area contributed by atoms with Gasteiger partial charge in [0, 0.05) is 19.1 Å². The third kappa shape index (κ3) is 4.66. The first-order valence-electron chi connectivity index (χ1n) is 12.7. The maximum Gasteiger partial charge on any atom is 0.335 e. The summed E-state index contributed by atoms with van der Waals surface area (Å²) >= 11 is 0. The van der Waals surface area contributed by atoms with Crippen LogP contribution in [-0.2, 0) is 4.79 Å².